The van der Waals surface area contributed by atoms with Crippen molar-refractivity contribution >= 4 is 15.9 Å². The molecule has 3 heteroatoms. The van der Waals surface area contributed by atoms with Gasteiger partial charge in [0.2, 0.25) is 0 Å². The molecule has 1 atom stereocenters. The van der Waals surface area contributed by atoms with Gasteiger partial charge in [0, 0.05) is 6.54 Å². The molecule has 1 saturated heterocycles. The van der Waals surface area contributed by atoms with E-state index < -0.39 is 0 Å². The van der Waals surface area contributed by atoms with Gasteiger partial charge >= 0.3 is 0 Å². The molecule has 0 aliphatic carbocycles. The van der Waals surface area contributed by atoms with E-state index in [9.17, 15) is 0 Å². The molecule has 0 spiro atoms. The third kappa shape index (κ3) is 2.49. The van der Waals surface area contributed by atoms with Crippen molar-refractivity contribution in [1.29, 1.82) is 0 Å². The Hall–Kier alpha value is -0.540. The second-order valence-electron chi connectivity index (χ2n) is 3.52. The van der Waals surface area contributed by atoms with Gasteiger partial charge in [-0.15, -0.1) is 0 Å². The van der Waals surface area contributed by atoms with Crippen LogP contribution in [0.5, 0.6) is 5.75 Å². The van der Waals surface area contributed by atoms with Crippen LogP contribution in [0.25, 0.3) is 0 Å². The number of hydrogen-bond acceptors (Lipinski definition) is 2. The molecule has 2 rings (SSSR count). The standard InChI is InChI=1S/C11H14BrNO/c12-10-5-1-2-6-11(10)14-9-4-3-7-13-8-9/h1-2,5-6,9,13H,3-4,7-8H2. The Labute approximate surface area is 92.8 Å². The summed E-state index contributed by atoms with van der Waals surface area (Å²) in [4.78, 5) is 0. The zero-order valence-corrected chi connectivity index (χ0v) is 9.59. The van der Waals surface area contributed by atoms with E-state index in [0.29, 0.717) is 6.10 Å². The van der Waals surface area contributed by atoms with Crippen LogP contribution in [0.1, 0.15) is 12.8 Å². The second kappa shape index (κ2) is 4.80. The second-order valence-corrected chi connectivity index (χ2v) is 4.37. The predicted molar refractivity (Wildman–Crippen MR) is 60.7 cm³/mol. The van der Waals surface area contributed by atoms with E-state index >= 15 is 0 Å². The highest BCUT2D eigenvalue weighted by molar-refractivity contribution is 9.10. The van der Waals surface area contributed by atoms with Gasteiger partial charge in [-0.1, -0.05) is 12.1 Å². The SMILES string of the molecule is Brc1ccccc1OC1CCCNC1. The quantitative estimate of drug-likeness (QED) is 0.878. The van der Waals surface area contributed by atoms with Gasteiger partial charge in [0.05, 0.1) is 4.47 Å². The first kappa shape index (κ1) is 9.99. The van der Waals surface area contributed by atoms with Gasteiger partial charge < -0.3 is 10.1 Å². The predicted octanol–water partition coefficient (Wildman–Crippen LogP) is 2.58. The summed E-state index contributed by atoms with van der Waals surface area (Å²) in [5.74, 6) is 0.946. The Bertz CT molecular complexity index is 297. The molecule has 2 nitrogen and oxygen atoms in total. The Kier molecular flexibility index (Phi) is 3.43. The van der Waals surface area contributed by atoms with E-state index in [-0.39, 0.29) is 0 Å². The number of halogens is 1. The van der Waals surface area contributed by atoms with E-state index in [4.69, 9.17) is 4.74 Å². The minimum absolute atomic E-state index is 0.322. The number of nitrogens with one attached hydrogen (secondary N) is 1. The highest BCUT2D eigenvalue weighted by atomic mass is 79.9. The Morgan fingerprint density at radius 2 is 2.21 bits per heavy atom. The summed E-state index contributed by atoms with van der Waals surface area (Å²) in [6, 6.07) is 8.00. The van der Waals surface area contributed by atoms with Crippen LogP contribution >= 0.6 is 15.9 Å². The van der Waals surface area contributed by atoms with E-state index in [1.54, 1.807) is 0 Å². The fourth-order valence-electron chi connectivity index (χ4n) is 1.64. The largest absolute Gasteiger partial charge is 0.488 e. The van der Waals surface area contributed by atoms with Crippen molar-refractivity contribution in [3.05, 3.63) is 28.7 Å². The Balaban J connectivity index is 1.99. The normalized spacial score (nSPS) is 21.9. The highest BCUT2D eigenvalue weighted by Crippen LogP contribution is 2.25. The molecule has 1 aliphatic rings. The first-order valence-electron chi connectivity index (χ1n) is 4.98. The van der Waals surface area contributed by atoms with Gasteiger partial charge in [0.15, 0.2) is 0 Å². The minimum atomic E-state index is 0.322. The van der Waals surface area contributed by atoms with Gasteiger partial charge in [0.1, 0.15) is 11.9 Å². The molecule has 0 bridgehead atoms. The minimum Gasteiger partial charge on any atom is -0.488 e. The molecule has 76 valence electrons. The lowest BCUT2D eigenvalue weighted by molar-refractivity contribution is 0.166. The molecular formula is C11H14BrNO. The van der Waals surface area contributed by atoms with Gasteiger partial charge in [-0.25, -0.2) is 0 Å². The maximum Gasteiger partial charge on any atom is 0.133 e. The van der Waals surface area contributed by atoms with Crippen molar-refractivity contribution in [1.82, 2.24) is 5.32 Å². The molecule has 0 aromatic heterocycles. The van der Waals surface area contributed by atoms with Crippen LogP contribution in [0, 0.1) is 0 Å². The van der Waals surface area contributed by atoms with Crippen LogP contribution in [0.15, 0.2) is 28.7 Å². The lowest BCUT2D eigenvalue weighted by Crippen LogP contribution is -2.37. The summed E-state index contributed by atoms with van der Waals surface area (Å²) in [5, 5.41) is 3.33. The number of hydrogen-bond donors (Lipinski definition) is 1. The van der Waals surface area contributed by atoms with Crippen LogP contribution in [-0.4, -0.2) is 19.2 Å². The maximum absolute atomic E-state index is 5.88. The third-order valence-corrected chi connectivity index (χ3v) is 3.04. The van der Waals surface area contributed by atoms with Crippen LogP contribution in [-0.2, 0) is 0 Å². The van der Waals surface area contributed by atoms with Crippen LogP contribution in [0.3, 0.4) is 0 Å². The summed E-state index contributed by atoms with van der Waals surface area (Å²) >= 11 is 3.48. The average Bonchev–Trinajstić information content (AvgIpc) is 2.23. The first-order chi connectivity index (χ1) is 6.86. The third-order valence-electron chi connectivity index (χ3n) is 2.38. The average molecular weight is 256 g/mol. The summed E-state index contributed by atoms with van der Waals surface area (Å²) in [6.45, 7) is 2.08. The molecule has 1 aromatic rings. The first-order valence-corrected chi connectivity index (χ1v) is 5.77. The molecule has 1 N–H and O–H groups in total. The number of piperidine rings is 1. The molecule has 1 aliphatic heterocycles. The number of rotatable bonds is 2. The molecule has 0 radical (unpaired) electrons. The van der Waals surface area contributed by atoms with E-state index in [2.05, 4.69) is 21.2 Å². The molecule has 14 heavy (non-hydrogen) atoms. The van der Waals surface area contributed by atoms with E-state index in [0.717, 1.165) is 29.7 Å². The number of benzene rings is 1. The fraction of sp³-hybridized carbons (Fsp3) is 0.455. The van der Waals surface area contributed by atoms with Crippen molar-refractivity contribution < 1.29 is 4.74 Å². The van der Waals surface area contributed by atoms with E-state index in [1.165, 1.54) is 6.42 Å². The fourth-order valence-corrected chi connectivity index (χ4v) is 2.02. The van der Waals surface area contributed by atoms with Crippen molar-refractivity contribution in [2.45, 2.75) is 18.9 Å². The van der Waals surface area contributed by atoms with Crippen molar-refractivity contribution in [3.8, 4) is 5.75 Å². The van der Waals surface area contributed by atoms with Gasteiger partial charge in [0.25, 0.3) is 0 Å². The summed E-state index contributed by atoms with van der Waals surface area (Å²) in [6.07, 6.45) is 2.67. The maximum atomic E-state index is 5.88. The zero-order valence-electron chi connectivity index (χ0n) is 8.00. The molecule has 0 saturated carbocycles. The van der Waals surface area contributed by atoms with E-state index in [1.807, 2.05) is 24.3 Å². The van der Waals surface area contributed by atoms with Gasteiger partial charge in [-0.3, -0.25) is 0 Å². The van der Waals surface area contributed by atoms with Crippen LogP contribution in [0.4, 0.5) is 0 Å². The monoisotopic (exact) mass is 255 g/mol. The molecule has 1 aromatic carbocycles. The Morgan fingerprint density at radius 3 is 2.93 bits per heavy atom. The molecular weight excluding hydrogens is 242 g/mol. The van der Waals surface area contributed by atoms with Crippen molar-refractivity contribution in [2.24, 2.45) is 0 Å². The topological polar surface area (TPSA) is 21.3 Å². The summed E-state index contributed by atoms with van der Waals surface area (Å²) < 4.78 is 6.91. The number of ether oxygens (including phenoxy) is 1. The van der Waals surface area contributed by atoms with Gasteiger partial charge in [-0.05, 0) is 47.4 Å². The van der Waals surface area contributed by atoms with Crippen LogP contribution < -0.4 is 10.1 Å². The smallest absolute Gasteiger partial charge is 0.133 e. The molecule has 1 heterocycles. The summed E-state index contributed by atoms with van der Waals surface area (Å²) in [7, 11) is 0. The molecule has 1 unspecified atom stereocenters. The molecule has 1 fully saturated rings. The van der Waals surface area contributed by atoms with Gasteiger partial charge in [-0.2, -0.15) is 0 Å². The van der Waals surface area contributed by atoms with Crippen molar-refractivity contribution in [2.75, 3.05) is 13.1 Å². The lowest BCUT2D eigenvalue weighted by Gasteiger charge is -2.24. The number of para-hydroxylation sites is 1. The molecule has 0 amide bonds. The lowest BCUT2D eigenvalue weighted by atomic mass is 10.1. The summed E-state index contributed by atoms with van der Waals surface area (Å²) in [5.41, 5.74) is 0. The highest BCUT2D eigenvalue weighted by Gasteiger charge is 2.14. The zero-order chi connectivity index (χ0) is 9.80. The van der Waals surface area contributed by atoms with Crippen LogP contribution in [0.2, 0.25) is 0 Å². The van der Waals surface area contributed by atoms with Crippen molar-refractivity contribution in [3.63, 3.8) is 0 Å². The Morgan fingerprint density at radius 1 is 1.36 bits per heavy atom.